The Hall–Kier alpha value is -2.29. The second-order valence-corrected chi connectivity index (χ2v) is 8.07. The molecule has 1 amide bonds. The zero-order chi connectivity index (χ0) is 19.9. The van der Waals surface area contributed by atoms with Crippen LogP contribution in [0.3, 0.4) is 0 Å². The Balaban J connectivity index is 1.78. The summed E-state index contributed by atoms with van der Waals surface area (Å²) in [6.07, 6.45) is 5.75. The van der Waals surface area contributed by atoms with Gasteiger partial charge >= 0.3 is 0 Å². The van der Waals surface area contributed by atoms with E-state index in [-0.39, 0.29) is 17.5 Å². The number of nitriles is 1. The third kappa shape index (κ3) is 5.60. The van der Waals surface area contributed by atoms with Crippen molar-refractivity contribution in [2.24, 2.45) is 0 Å². The minimum atomic E-state index is -0.335. The van der Waals surface area contributed by atoms with Gasteiger partial charge in [-0.2, -0.15) is 5.26 Å². The average molecular weight is 460 g/mol. The average Bonchev–Trinajstić information content (AvgIpc) is 3.19. The van der Waals surface area contributed by atoms with E-state index in [0.717, 1.165) is 35.7 Å². The molecule has 1 saturated carbocycles. The Morgan fingerprint density at radius 3 is 2.64 bits per heavy atom. The maximum atomic E-state index is 12.5. The molecule has 2 aromatic carbocycles. The summed E-state index contributed by atoms with van der Waals surface area (Å²) < 4.78 is 6.77. The second kappa shape index (κ2) is 9.77. The Morgan fingerprint density at radius 2 is 1.96 bits per heavy atom. The largest absolute Gasteiger partial charge is 0.488 e. The summed E-state index contributed by atoms with van der Waals surface area (Å²) in [5.74, 6) is 0.262. The number of hydrogen-bond donors (Lipinski definition) is 1. The van der Waals surface area contributed by atoms with E-state index >= 15 is 0 Å². The minimum absolute atomic E-state index is 0.0707. The van der Waals surface area contributed by atoms with Crippen LogP contribution in [0.4, 0.5) is 0 Å². The maximum absolute atomic E-state index is 12.5. The van der Waals surface area contributed by atoms with Crippen LogP contribution in [0.2, 0.25) is 5.02 Å². The van der Waals surface area contributed by atoms with Crippen molar-refractivity contribution < 1.29 is 9.53 Å². The number of carbonyl (C=O) groups is 1. The fourth-order valence-electron chi connectivity index (χ4n) is 3.14. The van der Waals surface area contributed by atoms with Crippen LogP contribution in [0, 0.1) is 11.3 Å². The maximum Gasteiger partial charge on any atom is 0.262 e. The van der Waals surface area contributed by atoms with E-state index < -0.39 is 0 Å². The third-order valence-electron chi connectivity index (χ3n) is 4.63. The van der Waals surface area contributed by atoms with Crippen LogP contribution in [0.5, 0.6) is 5.75 Å². The molecule has 0 saturated heterocycles. The molecule has 3 rings (SSSR count). The summed E-state index contributed by atoms with van der Waals surface area (Å²) in [6.45, 7) is 0.357. The number of ether oxygens (including phenoxy) is 1. The zero-order valence-corrected chi connectivity index (χ0v) is 17.6. The Labute approximate surface area is 178 Å². The number of hydrogen-bond acceptors (Lipinski definition) is 3. The van der Waals surface area contributed by atoms with E-state index in [1.807, 2.05) is 48.5 Å². The zero-order valence-electron chi connectivity index (χ0n) is 15.3. The van der Waals surface area contributed by atoms with E-state index in [1.165, 1.54) is 0 Å². The number of benzene rings is 2. The lowest BCUT2D eigenvalue weighted by atomic mass is 10.1. The summed E-state index contributed by atoms with van der Waals surface area (Å²) in [5.41, 5.74) is 1.71. The van der Waals surface area contributed by atoms with E-state index in [1.54, 1.807) is 6.08 Å². The molecule has 0 unspecified atom stereocenters. The van der Waals surface area contributed by atoms with Crippen LogP contribution in [0.1, 0.15) is 36.8 Å². The fraction of sp³-hybridized carbons (Fsp3) is 0.273. The SMILES string of the molecule is N#C/C(=C/c1cc(Br)ccc1OCc1ccc(Cl)cc1)C(=O)NC1CCCC1. The van der Waals surface area contributed by atoms with Crippen molar-refractivity contribution in [2.45, 2.75) is 38.3 Å². The lowest BCUT2D eigenvalue weighted by molar-refractivity contribution is -0.117. The van der Waals surface area contributed by atoms with E-state index in [4.69, 9.17) is 16.3 Å². The van der Waals surface area contributed by atoms with Gasteiger partial charge in [-0.25, -0.2) is 0 Å². The monoisotopic (exact) mass is 458 g/mol. The van der Waals surface area contributed by atoms with Gasteiger partial charge < -0.3 is 10.1 Å². The molecular weight excluding hydrogens is 440 g/mol. The molecule has 0 radical (unpaired) electrons. The van der Waals surface area contributed by atoms with Crippen LogP contribution < -0.4 is 10.1 Å². The molecule has 0 atom stereocenters. The first-order valence-corrected chi connectivity index (χ1v) is 10.3. The van der Waals surface area contributed by atoms with Gasteiger partial charge in [-0.05, 0) is 54.8 Å². The number of nitrogens with one attached hydrogen (secondary N) is 1. The standard InChI is InChI=1S/C22H20BrClN2O2/c23-18-7-10-21(28-14-15-5-8-19(24)9-6-15)16(12-18)11-17(13-25)22(27)26-20-3-1-2-4-20/h5-12,20H,1-4,14H2,(H,26,27)/b17-11-. The number of nitrogens with zero attached hydrogens (tertiary/aromatic N) is 1. The Morgan fingerprint density at radius 1 is 1.25 bits per heavy atom. The highest BCUT2D eigenvalue weighted by atomic mass is 79.9. The van der Waals surface area contributed by atoms with Crippen LogP contribution in [-0.4, -0.2) is 11.9 Å². The second-order valence-electron chi connectivity index (χ2n) is 6.72. The molecule has 0 bridgehead atoms. The van der Waals surface area contributed by atoms with Crippen molar-refractivity contribution in [1.29, 1.82) is 5.26 Å². The summed E-state index contributed by atoms with van der Waals surface area (Å²) >= 11 is 9.35. The summed E-state index contributed by atoms with van der Waals surface area (Å²) in [4.78, 5) is 12.5. The van der Waals surface area contributed by atoms with Crippen LogP contribution in [-0.2, 0) is 11.4 Å². The highest BCUT2D eigenvalue weighted by Crippen LogP contribution is 2.27. The van der Waals surface area contributed by atoms with Crippen molar-refractivity contribution in [3.63, 3.8) is 0 Å². The molecule has 1 N–H and O–H groups in total. The quantitative estimate of drug-likeness (QED) is 0.449. The molecule has 1 aliphatic rings. The lowest BCUT2D eigenvalue weighted by Gasteiger charge is -2.12. The van der Waals surface area contributed by atoms with E-state index in [0.29, 0.717) is 22.9 Å². The molecule has 6 heteroatoms. The summed E-state index contributed by atoms with van der Waals surface area (Å²) in [7, 11) is 0. The Bertz CT molecular complexity index is 913. The van der Waals surface area contributed by atoms with Crippen LogP contribution >= 0.6 is 27.5 Å². The van der Waals surface area contributed by atoms with Crippen molar-refractivity contribution >= 4 is 39.5 Å². The van der Waals surface area contributed by atoms with Crippen LogP contribution in [0.15, 0.2) is 52.5 Å². The van der Waals surface area contributed by atoms with Gasteiger partial charge in [0, 0.05) is 21.1 Å². The van der Waals surface area contributed by atoms with Gasteiger partial charge in [-0.15, -0.1) is 0 Å². The predicted octanol–water partition coefficient (Wildman–Crippen LogP) is 5.65. The van der Waals surface area contributed by atoms with Crippen molar-refractivity contribution in [2.75, 3.05) is 0 Å². The van der Waals surface area contributed by atoms with Crippen molar-refractivity contribution in [3.05, 3.63) is 68.7 Å². The van der Waals surface area contributed by atoms with Crippen molar-refractivity contribution in [1.82, 2.24) is 5.32 Å². The lowest BCUT2D eigenvalue weighted by Crippen LogP contribution is -2.33. The minimum Gasteiger partial charge on any atom is -0.488 e. The van der Waals surface area contributed by atoms with E-state index in [2.05, 4.69) is 21.2 Å². The molecule has 4 nitrogen and oxygen atoms in total. The van der Waals surface area contributed by atoms with Gasteiger partial charge in [-0.3, -0.25) is 4.79 Å². The van der Waals surface area contributed by atoms with Gasteiger partial charge in [0.2, 0.25) is 0 Å². The van der Waals surface area contributed by atoms with E-state index in [9.17, 15) is 10.1 Å². The normalized spacial score (nSPS) is 14.5. The van der Waals surface area contributed by atoms with Gasteiger partial charge in [-0.1, -0.05) is 52.5 Å². The fourth-order valence-corrected chi connectivity index (χ4v) is 3.65. The van der Waals surface area contributed by atoms with Crippen molar-refractivity contribution in [3.8, 4) is 11.8 Å². The Kier molecular flexibility index (Phi) is 7.13. The highest BCUT2D eigenvalue weighted by molar-refractivity contribution is 9.10. The van der Waals surface area contributed by atoms with Gasteiger partial charge in [0.05, 0.1) is 0 Å². The molecule has 0 heterocycles. The number of halogens is 2. The first kappa shape index (κ1) is 20.4. The molecular formula is C22H20BrClN2O2. The molecule has 1 aliphatic carbocycles. The number of rotatable bonds is 6. The molecule has 2 aromatic rings. The van der Waals surface area contributed by atoms with Gasteiger partial charge in [0.15, 0.2) is 0 Å². The molecule has 1 fully saturated rings. The summed E-state index contributed by atoms with van der Waals surface area (Å²) in [6, 6.07) is 15.1. The molecule has 0 aliphatic heterocycles. The molecule has 0 aromatic heterocycles. The smallest absolute Gasteiger partial charge is 0.262 e. The third-order valence-corrected chi connectivity index (χ3v) is 5.38. The highest BCUT2D eigenvalue weighted by Gasteiger charge is 2.19. The molecule has 144 valence electrons. The first-order chi connectivity index (χ1) is 13.5. The molecule has 28 heavy (non-hydrogen) atoms. The number of carbonyl (C=O) groups excluding carboxylic acids is 1. The summed E-state index contributed by atoms with van der Waals surface area (Å²) in [5, 5.41) is 13.1. The van der Waals surface area contributed by atoms with Gasteiger partial charge in [0.25, 0.3) is 5.91 Å². The van der Waals surface area contributed by atoms with Crippen LogP contribution in [0.25, 0.3) is 6.08 Å². The van der Waals surface area contributed by atoms with Gasteiger partial charge in [0.1, 0.15) is 24.0 Å². The number of amides is 1. The predicted molar refractivity (Wildman–Crippen MR) is 114 cm³/mol. The molecule has 0 spiro atoms. The first-order valence-electron chi connectivity index (χ1n) is 9.14. The topological polar surface area (TPSA) is 62.1 Å².